The number of rotatable bonds is 6. The van der Waals surface area contributed by atoms with Crippen LogP contribution in [0.15, 0.2) is 34.1 Å². The molecule has 1 aromatic heterocycles. The maximum Gasteiger partial charge on any atom is 0.261 e. The molecule has 1 aromatic carbocycles. The van der Waals surface area contributed by atoms with Crippen LogP contribution >= 0.6 is 27.3 Å². The van der Waals surface area contributed by atoms with E-state index in [1.807, 2.05) is 24.0 Å². The molecule has 2 N–H and O–H groups in total. The molecule has 0 aliphatic carbocycles. The van der Waals surface area contributed by atoms with Crippen LogP contribution in [0.25, 0.3) is 0 Å². The fourth-order valence-corrected chi connectivity index (χ4v) is 5.74. The number of nitrogens with zero attached hydrogens (tertiary/aromatic N) is 2. The van der Waals surface area contributed by atoms with Crippen LogP contribution in [0.5, 0.6) is 0 Å². The standard InChI is InChI=1S/C23H26BrN3O4S/c1-14-12-15(4-5-16(14)22(30)26-9-2-3-10-26)27-13-18(17(8-11-28)23(27)31)25-21(29)19-6-7-20(24)32-19/h4-7,12,17-18,28H,2-3,8-11,13H2,1H3,(H,25,29). The Morgan fingerprint density at radius 3 is 2.59 bits per heavy atom. The summed E-state index contributed by atoms with van der Waals surface area (Å²) in [6.45, 7) is 3.64. The average molecular weight is 520 g/mol. The van der Waals surface area contributed by atoms with Gasteiger partial charge in [0.15, 0.2) is 0 Å². The second kappa shape index (κ2) is 9.72. The summed E-state index contributed by atoms with van der Waals surface area (Å²) in [4.78, 5) is 42.7. The van der Waals surface area contributed by atoms with Crippen molar-refractivity contribution >= 4 is 50.7 Å². The zero-order valence-corrected chi connectivity index (χ0v) is 20.2. The first-order valence-corrected chi connectivity index (χ1v) is 12.4. The van der Waals surface area contributed by atoms with Crippen LogP contribution in [0.2, 0.25) is 0 Å². The summed E-state index contributed by atoms with van der Waals surface area (Å²) in [5.41, 5.74) is 2.17. The summed E-state index contributed by atoms with van der Waals surface area (Å²) in [5.74, 6) is -0.830. The highest BCUT2D eigenvalue weighted by atomic mass is 79.9. The molecule has 0 spiro atoms. The zero-order chi connectivity index (χ0) is 22.8. The monoisotopic (exact) mass is 519 g/mol. The topological polar surface area (TPSA) is 90.0 Å². The minimum atomic E-state index is -0.501. The summed E-state index contributed by atoms with van der Waals surface area (Å²) in [6.07, 6.45) is 2.35. The molecule has 32 heavy (non-hydrogen) atoms. The highest BCUT2D eigenvalue weighted by Gasteiger charge is 2.41. The number of amides is 3. The Kier molecular flexibility index (Phi) is 6.97. The molecule has 0 radical (unpaired) electrons. The summed E-state index contributed by atoms with van der Waals surface area (Å²) in [7, 11) is 0. The van der Waals surface area contributed by atoms with Crippen LogP contribution in [0.3, 0.4) is 0 Å². The van der Waals surface area contributed by atoms with Gasteiger partial charge in [0, 0.05) is 37.5 Å². The van der Waals surface area contributed by atoms with Gasteiger partial charge in [0.25, 0.3) is 11.8 Å². The van der Waals surface area contributed by atoms with E-state index < -0.39 is 12.0 Å². The zero-order valence-electron chi connectivity index (χ0n) is 17.8. The predicted octanol–water partition coefficient (Wildman–Crippen LogP) is 3.20. The number of hydrogen-bond donors (Lipinski definition) is 2. The van der Waals surface area contributed by atoms with E-state index >= 15 is 0 Å². The molecule has 0 saturated carbocycles. The maximum atomic E-state index is 13.2. The third kappa shape index (κ3) is 4.60. The van der Waals surface area contributed by atoms with E-state index in [0.717, 1.165) is 35.3 Å². The number of nitrogens with one attached hydrogen (secondary N) is 1. The van der Waals surface area contributed by atoms with Crippen LogP contribution in [-0.2, 0) is 4.79 Å². The lowest BCUT2D eigenvalue weighted by atomic mass is 9.99. The molecule has 4 rings (SSSR count). The van der Waals surface area contributed by atoms with Gasteiger partial charge in [-0.05, 0) is 78.0 Å². The second-order valence-corrected chi connectivity index (χ2v) is 10.7. The summed E-state index contributed by atoms with van der Waals surface area (Å²) in [6, 6.07) is 8.58. The lowest BCUT2D eigenvalue weighted by Crippen LogP contribution is -2.40. The molecule has 3 heterocycles. The Hall–Kier alpha value is -2.23. The molecule has 9 heteroatoms. The van der Waals surface area contributed by atoms with Gasteiger partial charge in [0.2, 0.25) is 5.91 Å². The Morgan fingerprint density at radius 1 is 1.22 bits per heavy atom. The van der Waals surface area contributed by atoms with E-state index in [9.17, 15) is 19.5 Å². The number of hydrogen-bond acceptors (Lipinski definition) is 5. The predicted molar refractivity (Wildman–Crippen MR) is 127 cm³/mol. The van der Waals surface area contributed by atoms with E-state index in [1.165, 1.54) is 11.3 Å². The number of carbonyl (C=O) groups is 3. The van der Waals surface area contributed by atoms with Gasteiger partial charge >= 0.3 is 0 Å². The molecule has 7 nitrogen and oxygen atoms in total. The highest BCUT2D eigenvalue weighted by molar-refractivity contribution is 9.11. The van der Waals surface area contributed by atoms with Gasteiger partial charge in [0.1, 0.15) is 0 Å². The molecule has 2 aliphatic heterocycles. The van der Waals surface area contributed by atoms with Crippen LogP contribution in [0, 0.1) is 12.8 Å². The Morgan fingerprint density at radius 2 is 1.97 bits per heavy atom. The molecular formula is C23H26BrN3O4S. The van der Waals surface area contributed by atoms with Gasteiger partial charge in [-0.25, -0.2) is 0 Å². The number of aryl methyl sites for hydroxylation is 1. The van der Waals surface area contributed by atoms with Crippen molar-refractivity contribution in [2.75, 3.05) is 31.1 Å². The first-order valence-electron chi connectivity index (χ1n) is 10.8. The van der Waals surface area contributed by atoms with Crippen molar-refractivity contribution in [3.8, 4) is 0 Å². The van der Waals surface area contributed by atoms with Crippen LogP contribution in [0.4, 0.5) is 5.69 Å². The quantitative estimate of drug-likeness (QED) is 0.613. The number of thiophene rings is 1. The molecule has 2 saturated heterocycles. The number of aliphatic hydroxyl groups excluding tert-OH is 1. The third-order valence-corrected chi connectivity index (χ3v) is 7.77. The Bertz CT molecular complexity index is 1030. The van der Waals surface area contributed by atoms with E-state index in [-0.39, 0.29) is 30.7 Å². The first-order chi connectivity index (χ1) is 15.4. The van der Waals surface area contributed by atoms with Gasteiger partial charge in [-0.3, -0.25) is 14.4 Å². The lowest BCUT2D eigenvalue weighted by Gasteiger charge is -2.20. The molecule has 0 bridgehead atoms. The average Bonchev–Trinajstić information content (AvgIpc) is 3.51. The van der Waals surface area contributed by atoms with Crippen LogP contribution in [-0.4, -0.2) is 60.0 Å². The van der Waals surface area contributed by atoms with Crippen molar-refractivity contribution in [1.82, 2.24) is 10.2 Å². The van der Waals surface area contributed by atoms with Crippen molar-refractivity contribution < 1.29 is 19.5 Å². The highest BCUT2D eigenvalue weighted by Crippen LogP contribution is 2.30. The molecular weight excluding hydrogens is 494 g/mol. The minimum Gasteiger partial charge on any atom is -0.396 e. The Balaban J connectivity index is 1.52. The molecule has 2 aromatic rings. The van der Waals surface area contributed by atoms with E-state index in [0.29, 0.717) is 22.7 Å². The van der Waals surface area contributed by atoms with E-state index in [4.69, 9.17) is 0 Å². The van der Waals surface area contributed by atoms with E-state index in [1.54, 1.807) is 23.1 Å². The Labute approximate surface area is 199 Å². The normalized spacial score (nSPS) is 20.8. The van der Waals surface area contributed by atoms with Crippen molar-refractivity contribution in [1.29, 1.82) is 0 Å². The number of likely N-dealkylation sites (tertiary alicyclic amines) is 1. The van der Waals surface area contributed by atoms with Crippen molar-refractivity contribution in [2.45, 2.75) is 32.2 Å². The fourth-order valence-electron chi connectivity index (χ4n) is 4.45. The molecule has 2 atom stereocenters. The van der Waals surface area contributed by atoms with Gasteiger partial charge in [-0.1, -0.05) is 0 Å². The van der Waals surface area contributed by atoms with Crippen molar-refractivity contribution in [2.24, 2.45) is 5.92 Å². The number of anilines is 1. The maximum absolute atomic E-state index is 13.2. The van der Waals surface area contributed by atoms with Crippen molar-refractivity contribution in [3.05, 3.63) is 50.1 Å². The summed E-state index contributed by atoms with van der Waals surface area (Å²) >= 11 is 4.69. The van der Waals surface area contributed by atoms with E-state index in [2.05, 4.69) is 21.2 Å². The smallest absolute Gasteiger partial charge is 0.261 e. The molecule has 170 valence electrons. The van der Waals surface area contributed by atoms with Gasteiger partial charge in [-0.15, -0.1) is 11.3 Å². The van der Waals surface area contributed by atoms with Gasteiger partial charge in [0.05, 0.1) is 20.6 Å². The number of aliphatic hydroxyl groups is 1. The van der Waals surface area contributed by atoms with Crippen LogP contribution in [0.1, 0.15) is 44.9 Å². The number of halogens is 1. The SMILES string of the molecule is Cc1cc(N2CC(NC(=O)c3ccc(Br)s3)C(CCO)C2=O)ccc1C(=O)N1CCCC1. The number of carbonyl (C=O) groups excluding carboxylic acids is 3. The number of benzene rings is 1. The molecule has 2 fully saturated rings. The summed E-state index contributed by atoms with van der Waals surface area (Å²) < 4.78 is 0.859. The molecule has 2 aliphatic rings. The summed E-state index contributed by atoms with van der Waals surface area (Å²) in [5, 5.41) is 12.5. The van der Waals surface area contributed by atoms with Gasteiger partial charge < -0.3 is 20.2 Å². The minimum absolute atomic E-state index is 0.0321. The molecule has 3 amide bonds. The lowest BCUT2D eigenvalue weighted by molar-refractivity contribution is -0.121. The van der Waals surface area contributed by atoms with Crippen LogP contribution < -0.4 is 10.2 Å². The van der Waals surface area contributed by atoms with Gasteiger partial charge in [-0.2, -0.15) is 0 Å². The third-order valence-electron chi connectivity index (χ3n) is 6.15. The second-order valence-electron chi connectivity index (χ2n) is 8.25. The largest absolute Gasteiger partial charge is 0.396 e. The van der Waals surface area contributed by atoms with Crippen molar-refractivity contribution in [3.63, 3.8) is 0 Å². The first kappa shape index (κ1) is 22.9. The molecule has 2 unspecified atom stereocenters. The fraction of sp³-hybridized carbons (Fsp3) is 0.435.